The predicted molar refractivity (Wildman–Crippen MR) is 55.4 cm³/mol. The molecule has 0 saturated carbocycles. The number of rotatable bonds is 3. The first-order valence-electron chi connectivity index (χ1n) is 4.69. The maximum Gasteiger partial charge on any atom is 0.416 e. The molecule has 0 fully saturated rings. The molecular weight excluding hydrogens is 219 g/mol. The summed E-state index contributed by atoms with van der Waals surface area (Å²) in [6.45, 7) is 1.82. The first kappa shape index (κ1) is 12.5. The number of benzene rings is 1. The summed E-state index contributed by atoms with van der Waals surface area (Å²) in [7, 11) is 1.41. The van der Waals surface area contributed by atoms with Crippen LogP contribution >= 0.6 is 0 Å². The lowest BCUT2D eigenvalue weighted by atomic mass is 10.0. The largest absolute Gasteiger partial charge is 0.416 e. The van der Waals surface area contributed by atoms with Crippen LogP contribution < -0.4 is 0 Å². The van der Waals surface area contributed by atoms with Gasteiger partial charge in [0.25, 0.3) is 0 Å². The lowest BCUT2D eigenvalue weighted by Gasteiger charge is -2.09. The molecular formula is C11H12F3NO. The molecule has 1 atom stereocenters. The highest BCUT2D eigenvalue weighted by molar-refractivity contribution is 5.66. The van der Waals surface area contributed by atoms with Gasteiger partial charge in [-0.2, -0.15) is 13.2 Å². The van der Waals surface area contributed by atoms with Crippen LogP contribution in [-0.2, 0) is 11.0 Å². The monoisotopic (exact) mass is 231 g/mol. The first-order valence-corrected chi connectivity index (χ1v) is 4.69. The fourth-order valence-corrected chi connectivity index (χ4v) is 1.21. The quantitative estimate of drug-likeness (QED) is 0.576. The van der Waals surface area contributed by atoms with Crippen molar-refractivity contribution in [1.82, 2.24) is 0 Å². The molecule has 16 heavy (non-hydrogen) atoms. The standard InChI is InChI=1S/C11H12F3NO/c1-8(7-15-16-2)9-3-5-10(6-4-9)11(12,13)14/h3-8H,1-2H3. The van der Waals surface area contributed by atoms with Crippen molar-refractivity contribution in [3.8, 4) is 0 Å². The molecule has 0 amide bonds. The van der Waals surface area contributed by atoms with E-state index in [1.807, 2.05) is 6.92 Å². The topological polar surface area (TPSA) is 21.6 Å². The summed E-state index contributed by atoms with van der Waals surface area (Å²) in [5.41, 5.74) is 0.112. The van der Waals surface area contributed by atoms with E-state index in [0.717, 1.165) is 17.7 Å². The molecule has 0 bridgehead atoms. The molecule has 0 aliphatic rings. The van der Waals surface area contributed by atoms with Gasteiger partial charge in [0.2, 0.25) is 0 Å². The van der Waals surface area contributed by atoms with Crippen LogP contribution in [0.15, 0.2) is 29.4 Å². The van der Waals surface area contributed by atoms with Gasteiger partial charge >= 0.3 is 6.18 Å². The second-order valence-corrected chi connectivity index (χ2v) is 3.35. The van der Waals surface area contributed by atoms with E-state index in [1.54, 1.807) is 0 Å². The van der Waals surface area contributed by atoms with Crippen LogP contribution in [0.1, 0.15) is 24.0 Å². The third kappa shape index (κ3) is 3.25. The van der Waals surface area contributed by atoms with Gasteiger partial charge in [0.1, 0.15) is 7.11 Å². The van der Waals surface area contributed by atoms with E-state index in [9.17, 15) is 13.2 Å². The van der Waals surface area contributed by atoms with E-state index in [-0.39, 0.29) is 5.92 Å². The van der Waals surface area contributed by atoms with Gasteiger partial charge in [0.15, 0.2) is 0 Å². The summed E-state index contributed by atoms with van der Waals surface area (Å²) in [6.07, 6.45) is -2.76. The van der Waals surface area contributed by atoms with E-state index in [2.05, 4.69) is 9.99 Å². The fourth-order valence-electron chi connectivity index (χ4n) is 1.21. The Morgan fingerprint density at radius 3 is 2.25 bits per heavy atom. The van der Waals surface area contributed by atoms with Crippen LogP contribution in [0.4, 0.5) is 13.2 Å². The normalized spacial score (nSPS) is 14.1. The van der Waals surface area contributed by atoms with Crippen molar-refractivity contribution < 1.29 is 18.0 Å². The van der Waals surface area contributed by atoms with Crippen molar-refractivity contribution in [1.29, 1.82) is 0 Å². The Morgan fingerprint density at radius 2 is 1.81 bits per heavy atom. The molecule has 1 aromatic carbocycles. The van der Waals surface area contributed by atoms with Crippen molar-refractivity contribution in [2.75, 3.05) is 7.11 Å². The second-order valence-electron chi connectivity index (χ2n) is 3.35. The number of hydrogen-bond acceptors (Lipinski definition) is 2. The minimum atomic E-state index is -4.29. The molecule has 0 N–H and O–H groups in total. The molecule has 1 rings (SSSR count). The summed E-state index contributed by atoms with van der Waals surface area (Å²) in [5.74, 6) is -0.0813. The zero-order valence-electron chi connectivity index (χ0n) is 8.95. The Labute approximate surface area is 91.7 Å². The fraction of sp³-hybridized carbons (Fsp3) is 0.364. The summed E-state index contributed by atoms with van der Waals surface area (Å²) >= 11 is 0. The number of nitrogens with zero attached hydrogens (tertiary/aromatic N) is 1. The summed E-state index contributed by atoms with van der Waals surface area (Å²) in [4.78, 5) is 4.50. The van der Waals surface area contributed by atoms with Crippen LogP contribution in [0.2, 0.25) is 0 Å². The van der Waals surface area contributed by atoms with Crippen LogP contribution in [0, 0.1) is 0 Å². The molecule has 88 valence electrons. The number of oxime groups is 1. The molecule has 0 spiro atoms. The van der Waals surface area contributed by atoms with E-state index in [1.165, 1.54) is 25.5 Å². The van der Waals surface area contributed by atoms with Gasteiger partial charge in [0, 0.05) is 5.92 Å². The average molecular weight is 231 g/mol. The van der Waals surface area contributed by atoms with Gasteiger partial charge in [0.05, 0.1) is 11.8 Å². The van der Waals surface area contributed by atoms with Crippen LogP contribution in [-0.4, -0.2) is 13.3 Å². The van der Waals surface area contributed by atoms with Crippen molar-refractivity contribution in [2.24, 2.45) is 5.16 Å². The lowest BCUT2D eigenvalue weighted by Crippen LogP contribution is -2.05. The van der Waals surface area contributed by atoms with E-state index in [0.29, 0.717) is 0 Å². The molecule has 0 aliphatic carbocycles. The highest BCUT2D eigenvalue weighted by Gasteiger charge is 2.30. The molecule has 5 heteroatoms. The maximum atomic E-state index is 12.3. The predicted octanol–water partition coefficient (Wildman–Crippen LogP) is 3.44. The van der Waals surface area contributed by atoms with Crippen LogP contribution in [0.3, 0.4) is 0 Å². The summed E-state index contributed by atoms with van der Waals surface area (Å²) in [6, 6.07) is 5.00. The van der Waals surface area contributed by atoms with Gasteiger partial charge in [-0.3, -0.25) is 0 Å². The minimum absolute atomic E-state index is 0.0813. The van der Waals surface area contributed by atoms with Gasteiger partial charge in [-0.05, 0) is 17.7 Å². The van der Waals surface area contributed by atoms with Crippen LogP contribution in [0.5, 0.6) is 0 Å². The first-order chi connectivity index (χ1) is 7.45. The summed E-state index contributed by atoms with van der Waals surface area (Å²) in [5, 5.41) is 3.57. The molecule has 0 aliphatic heterocycles. The number of alkyl halides is 3. The highest BCUT2D eigenvalue weighted by atomic mass is 19.4. The Bertz CT molecular complexity index is 356. The Balaban J connectivity index is 2.83. The minimum Gasteiger partial charge on any atom is -0.399 e. The Kier molecular flexibility index (Phi) is 3.93. The molecule has 2 nitrogen and oxygen atoms in total. The van der Waals surface area contributed by atoms with Gasteiger partial charge in [-0.1, -0.05) is 24.2 Å². The molecule has 0 saturated heterocycles. The third-order valence-electron chi connectivity index (χ3n) is 2.15. The Morgan fingerprint density at radius 1 is 1.25 bits per heavy atom. The van der Waals surface area contributed by atoms with Gasteiger partial charge in [-0.25, -0.2) is 0 Å². The second kappa shape index (κ2) is 5.01. The third-order valence-corrected chi connectivity index (χ3v) is 2.15. The molecule has 0 heterocycles. The summed E-state index contributed by atoms with van der Waals surface area (Å²) < 4.78 is 36.8. The van der Waals surface area contributed by atoms with E-state index >= 15 is 0 Å². The van der Waals surface area contributed by atoms with Crippen LogP contribution in [0.25, 0.3) is 0 Å². The number of halogens is 3. The van der Waals surface area contributed by atoms with Gasteiger partial charge < -0.3 is 4.84 Å². The van der Waals surface area contributed by atoms with Crippen molar-refractivity contribution in [3.63, 3.8) is 0 Å². The molecule has 1 aromatic rings. The molecule has 0 aromatic heterocycles. The molecule has 1 unspecified atom stereocenters. The highest BCUT2D eigenvalue weighted by Crippen LogP contribution is 2.29. The number of hydrogen-bond donors (Lipinski definition) is 0. The van der Waals surface area contributed by atoms with Crippen molar-refractivity contribution in [3.05, 3.63) is 35.4 Å². The average Bonchev–Trinajstić information content (AvgIpc) is 2.25. The lowest BCUT2D eigenvalue weighted by molar-refractivity contribution is -0.137. The molecule has 0 radical (unpaired) electrons. The van der Waals surface area contributed by atoms with Gasteiger partial charge in [-0.15, -0.1) is 0 Å². The zero-order chi connectivity index (χ0) is 12.2. The maximum absolute atomic E-state index is 12.3. The zero-order valence-corrected chi connectivity index (χ0v) is 8.95. The van der Waals surface area contributed by atoms with E-state index in [4.69, 9.17) is 0 Å². The smallest absolute Gasteiger partial charge is 0.399 e. The van der Waals surface area contributed by atoms with Crippen molar-refractivity contribution in [2.45, 2.75) is 19.0 Å². The van der Waals surface area contributed by atoms with Crippen molar-refractivity contribution >= 4 is 6.21 Å². The van der Waals surface area contributed by atoms with E-state index < -0.39 is 11.7 Å². The Hall–Kier alpha value is -1.52. The SMILES string of the molecule is CON=CC(C)c1ccc(C(F)(F)F)cc1.